The summed E-state index contributed by atoms with van der Waals surface area (Å²) in [7, 11) is 0. The van der Waals surface area contributed by atoms with Crippen LogP contribution in [0.15, 0.2) is 48.5 Å². The number of benzene rings is 2. The van der Waals surface area contributed by atoms with Crippen LogP contribution in [0.25, 0.3) is 10.1 Å². The van der Waals surface area contributed by atoms with Gasteiger partial charge in [0.1, 0.15) is 23.9 Å². The van der Waals surface area contributed by atoms with Crippen molar-refractivity contribution in [2.75, 3.05) is 0 Å². The summed E-state index contributed by atoms with van der Waals surface area (Å²) >= 11 is 1.47. The number of hydrogen-bond acceptors (Lipinski definition) is 5. The van der Waals surface area contributed by atoms with Crippen LogP contribution in [0.2, 0.25) is 0 Å². The number of nitrogens with two attached hydrogens (primary N) is 1. The lowest BCUT2D eigenvalue weighted by Gasteiger charge is -2.07. The van der Waals surface area contributed by atoms with E-state index in [-0.39, 0.29) is 11.8 Å². The maximum Gasteiger partial charge on any atom is 0.308 e. The molecule has 0 spiro atoms. The van der Waals surface area contributed by atoms with Gasteiger partial charge in [-0.25, -0.2) is 0 Å². The van der Waals surface area contributed by atoms with E-state index in [4.69, 9.17) is 20.6 Å². The smallest absolute Gasteiger partial charge is 0.308 e. The van der Waals surface area contributed by atoms with Crippen LogP contribution in [0, 0.1) is 5.41 Å². The van der Waals surface area contributed by atoms with Crippen LogP contribution in [0.5, 0.6) is 11.5 Å². The molecule has 0 bridgehead atoms. The van der Waals surface area contributed by atoms with Crippen LogP contribution in [-0.4, -0.2) is 11.8 Å². The number of rotatable bonds is 5. The molecule has 3 rings (SSSR count). The molecule has 3 N–H and O–H groups in total. The Morgan fingerprint density at radius 2 is 1.83 bits per heavy atom. The molecule has 0 saturated carbocycles. The Bertz CT molecular complexity index is 900. The first-order valence-electron chi connectivity index (χ1n) is 7.29. The number of nitrogens with one attached hydrogen (secondary N) is 1. The van der Waals surface area contributed by atoms with Crippen molar-refractivity contribution in [2.45, 2.75) is 13.5 Å². The zero-order valence-corrected chi connectivity index (χ0v) is 13.9. The molecule has 5 nitrogen and oxygen atoms in total. The van der Waals surface area contributed by atoms with Gasteiger partial charge in [-0.15, -0.1) is 11.3 Å². The summed E-state index contributed by atoms with van der Waals surface area (Å²) in [5.74, 6) is 1.01. The molecule has 24 heavy (non-hydrogen) atoms. The Morgan fingerprint density at radius 3 is 2.50 bits per heavy atom. The van der Waals surface area contributed by atoms with Crippen LogP contribution in [-0.2, 0) is 11.4 Å². The molecule has 6 heteroatoms. The minimum absolute atomic E-state index is 0.0755. The van der Waals surface area contributed by atoms with Crippen molar-refractivity contribution in [1.82, 2.24) is 0 Å². The normalized spacial score (nSPS) is 10.5. The second kappa shape index (κ2) is 6.72. The summed E-state index contributed by atoms with van der Waals surface area (Å²) in [6.45, 7) is 1.78. The highest BCUT2D eigenvalue weighted by atomic mass is 32.1. The average Bonchev–Trinajstić information content (AvgIpc) is 2.97. The molecular weight excluding hydrogens is 324 g/mol. The molecule has 2 aromatic carbocycles. The van der Waals surface area contributed by atoms with E-state index in [1.807, 2.05) is 36.4 Å². The van der Waals surface area contributed by atoms with Crippen LogP contribution in [0.3, 0.4) is 0 Å². The minimum Gasteiger partial charge on any atom is -0.489 e. The molecule has 0 aliphatic carbocycles. The average molecular weight is 340 g/mol. The number of amidine groups is 1. The standard InChI is InChI=1S/C18H16N2O3S/c1-11(21)23-14-5-2-12(3-6-14)10-22-15-7-4-13-8-17(18(19)20)24-16(13)9-15/h2-9H,10H2,1H3,(H3,19,20). The highest BCUT2D eigenvalue weighted by molar-refractivity contribution is 7.20. The first kappa shape index (κ1) is 16.0. The number of carbonyl (C=O) groups is 1. The molecule has 0 amide bonds. The predicted octanol–water partition coefficient (Wildman–Crippen LogP) is 3.69. The second-order valence-electron chi connectivity index (χ2n) is 5.25. The summed E-state index contributed by atoms with van der Waals surface area (Å²) in [6, 6.07) is 14.9. The number of carbonyl (C=O) groups excluding carboxylic acids is 1. The molecule has 0 radical (unpaired) electrons. The van der Waals surface area contributed by atoms with E-state index >= 15 is 0 Å². The van der Waals surface area contributed by atoms with E-state index < -0.39 is 0 Å². The quantitative estimate of drug-likeness (QED) is 0.321. The zero-order chi connectivity index (χ0) is 17.1. The van der Waals surface area contributed by atoms with Gasteiger partial charge in [0.25, 0.3) is 0 Å². The molecule has 0 atom stereocenters. The lowest BCUT2D eigenvalue weighted by atomic mass is 10.2. The van der Waals surface area contributed by atoms with Crippen LogP contribution in [0.1, 0.15) is 17.4 Å². The van der Waals surface area contributed by atoms with Crippen molar-refractivity contribution in [3.05, 3.63) is 59.0 Å². The highest BCUT2D eigenvalue weighted by Gasteiger charge is 2.06. The van der Waals surface area contributed by atoms with Gasteiger partial charge >= 0.3 is 5.97 Å². The van der Waals surface area contributed by atoms with Crippen LogP contribution in [0.4, 0.5) is 0 Å². The van der Waals surface area contributed by atoms with Crippen molar-refractivity contribution < 1.29 is 14.3 Å². The van der Waals surface area contributed by atoms with E-state index in [0.29, 0.717) is 12.4 Å². The molecule has 122 valence electrons. The summed E-state index contributed by atoms with van der Waals surface area (Å²) in [6.07, 6.45) is 0. The third-order valence-electron chi connectivity index (χ3n) is 3.35. The third-order valence-corrected chi connectivity index (χ3v) is 4.48. The van der Waals surface area contributed by atoms with Gasteiger partial charge in [-0.1, -0.05) is 12.1 Å². The lowest BCUT2D eigenvalue weighted by molar-refractivity contribution is -0.131. The van der Waals surface area contributed by atoms with Crippen LogP contribution < -0.4 is 15.2 Å². The number of nitrogen functional groups attached to an aromatic ring is 1. The second-order valence-corrected chi connectivity index (χ2v) is 6.33. The van der Waals surface area contributed by atoms with E-state index in [9.17, 15) is 4.79 Å². The predicted molar refractivity (Wildman–Crippen MR) is 94.9 cm³/mol. The van der Waals surface area contributed by atoms with Crippen LogP contribution >= 0.6 is 11.3 Å². The summed E-state index contributed by atoms with van der Waals surface area (Å²) in [5.41, 5.74) is 6.50. The maximum absolute atomic E-state index is 10.9. The Balaban J connectivity index is 1.68. The van der Waals surface area contributed by atoms with Crippen molar-refractivity contribution in [3.63, 3.8) is 0 Å². The minimum atomic E-state index is -0.340. The van der Waals surface area contributed by atoms with Gasteiger partial charge < -0.3 is 15.2 Å². The molecule has 0 aliphatic rings. The van der Waals surface area contributed by atoms with Gasteiger partial charge in [0.15, 0.2) is 0 Å². The molecule has 0 unspecified atom stereocenters. The van der Waals surface area contributed by atoms with Gasteiger partial charge in [-0.3, -0.25) is 10.2 Å². The highest BCUT2D eigenvalue weighted by Crippen LogP contribution is 2.29. The Morgan fingerprint density at radius 1 is 1.12 bits per heavy atom. The molecule has 3 aromatic rings. The first-order chi connectivity index (χ1) is 11.5. The number of thiophene rings is 1. The summed E-state index contributed by atoms with van der Waals surface area (Å²) in [5, 5.41) is 8.54. The topological polar surface area (TPSA) is 85.4 Å². The van der Waals surface area contributed by atoms with Gasteiger partial charge in [-0.2, -0.15) is 0 Å². The molecule has 1 aromatic heterocycles. The summed E-state index contributed by atoms with van der Waals surface area (Å²) < 4.78 is 11.8. The SMILES string of the molecule is CC(=O)Oc1ccc(COc2ccc3cc(C(=N)N)sc3c2)cc1. The first-order valence-corrected chi connectivity index (χ1v) is 8.11. The number of ether oxygens (including phenoxy) is 2. The number of esters is 1. The van der Waals surface area contributed by atoms with Gasteiger partial charge in [0.05, 0.1) is 4.88 Å². The van der Waals surface area contributed by atoms with Gasteiger partial charge in [0, 0.05) is 11.6 Å². The fourth-order valence-corrected chi connectivity index (χ4v) is 3.17. The largest absolute Gasteiger partial charge is 0.489 e. The monoisotopic (exact) mass is 340 g/mol. The molecular formula is C18H16N2O3S. The summed E-state index contributed by atoms with van der Waals surface area (Å²) in [4.78, 5) is 11.6. The molecule has 0 fully saturated rings. The Labute approximate surface area is 143 Å². The maximum atomic E-state index is 10.9. The molecule has 0 saturated heterocycles. The third kappa shape index (κ3) is 3.72. The number of hydrogen-bond donors (Lipinski definition) is 2. The van der Waals surface area contributed by atoms with Gasteiger partial charge in [-0.05, 0) is 47.3 Å². The van der Waals surface area contributed by atoms with Crippen molar-refractivity contribution in [3.8, 4) is 11.5 Å². The van der Waals surface area contributed by atoms with Crippen molar-refractivity contribution in [1.29, 1.82) is 5.41 Å². The zero-order valence-electron chi connectivity index (χ0n) is 13.0. The van der Waals surface area contributed by atoms with E-state index in [0.717, 1.165) is 26.3 Å². The van der Waals surface area contributed by atoms with Crippen molar-refractivity contribution >= 4 is 33.2 Å². The Kier molecular flexibility index (Phi) is 4.48. The number of fused-ring (bicyclic) bond motifs is 1. The molecule has 0 aliphatic heterocycles. The van der Waals surface area contributed by atoms with E-state index in [2.05, 4.69) is 0 Å². The van der Waals surface area contributed by atoms with E-state index in [1.54, 1.807) is 12.1 Å². The van der Waals surface area contributed by atoms with Crippen molar-refractivity contribution in [2.24, 2.45) is 5.73 Å². The fraction of sp³-hybridized carbons (Fsp3) is 0.111. The van der Waals surface area contributed by atoms with Gasteiger partial charge in [0.2, 0.25) is 0 Å². The molecule has 1 heterocycles. The Hall–Kier alpha value is -2.86. The fourth-order valence-electron chi connectivity index (χ4n) is 2.22. The lowest BCUT2D eigenvalue weighted by Crippen LogP contribution is -2.08. The van der Waals surface area contributed by atoms with E-state index in [1.165, 1.54) is 18.3 Å².